The van der Waals surface area contributed by atoms with E-state index in [9.17, 15) is 14.6 Å². The molecule has 2 nitrogen and oxygen atoms in total. The molecule has 0 radical (unpaired) electrons. The van der Waals surface area contributed by atoms with Crippen molar-refractivity contribution in [2.24, 2.45) is 5.41 Å². The van der Waals surface area contributed by atoms with Gasteiger partial charge < -0.3 is 10.2 Å². The molecule has 0 saturated carbocycles. The van der Waals surface area contributed by atoms with Crippen LogP contribution in [-0.4, -0.2) is 10.2 Å². The summed E-state index contributed by atoms with van der Waals surface area (Å²) in [7, 11) is 0. The molecular formula is C13H19FO2. The standard InChI is InChI=1S/C13H19FO2/c1-13(2,3)7-6-11(15)9-4-5-10(14)12(16)8-9/h4-5,8,11,15-16H,6-7H2,1-3H3/t11-/m0/s1. The molecule has 1 aromatic rings. The first-order valence-corrected chi connectivity index (χ1v) is 5.46. The summed E-state index contributed by atoms with van der Waals surface area (Å²) in [4.78, 5) is 0. The van der Waals surface area contributed by atoms with Gasteiger partial charge in [0.05, 0.1) is 6.10 Å². The van der Waals surface area contributed by atoms with E-state index in [1.807, 2.05) is 0 Å². The smallest absolute Gasteiger partial charge is 0.164 e. The highest BCUT2D eigenvalue weighted by Crippen LogP contribution is 2.29. The number of phenols is 1. The average Bonchev–Trinajstić information content (AvgIpc) is 2.17. The van der Waals surface area contributed by atoms with Crippen LogP contribution in [0, 0.1) is 11.2 Å². The third kappa shape index (κ3) is 3.81. The maximum Gasteiger partial charge on any atom is 0.164 e. The largest absolute Gasteiger partial charge is 0.505 e. The summed E-state index contributed by atoms with van der Waals surface area (Å²) in [5, 5.41) is 19.1. The summed E-state index contributed by atoms with van der Waals surface area (Å²) in [6, 6.07) is 3.95. The van der Waals surface area contributed by atoms with E-state index >= 15 is 0 Å². The van der Waals surface area contributed by atoms with Gasteiger partial charge in [-0.15, -0.1) is 0 Å². The molecule has 0 bridgehead atoms. The Balaban J connectivity index is 2.66. The first kappa shape index (κ1) is 13.0. The molecule has 0 unspecified atom stereocenters. The van der Waals surface area contributed by atoms with Gasteiger partial charge in [0.25, 0.3) is 0 Å². The van der Waals surface area contributed by atoms with Crippen LogP contribution in [-0.2, 0) is 0 Å². The average molecular weight is 226 g/mol. The fraction of sp³-hybridized carbons (Fsp3) is 0.538. The van der Waals surface area contributed by atoms with Crippen LogP contribution in [0.1, 0.15) is 45.3 Å². The van der Waals surface area contributed by atoms with Crippen molar-refractivity contribution in [3.8, 4) is 5.75 Å². The van der Waals surface area contributed by atoms with Gasteiger partial charge in [0.2, 0.25) is 0 Å². The predicted octanol–water partition coefficient (Wildman–Crippen LogP) is 3.39. The van der Waals surface area contributed by atoms with Gasteiger partial charge in [-0.1, -0.05) is 26.8 Å². The van der Waals surface area contributed by atoms with Crippen molar-refractivity contribution in [3.05, 3.63) is 29.6 Å². The summed E-state index contributed by atoms with van der Waals surface area (Å²) < 4.78 is 12.8. The molecule has 16 heavy (non-hydrogen) atoms. The minimum atomic E-state index is -0.660. The summed E-state index contributed by atoms with van der Waals surface area (Å²) in [6.07, 6.45) is 0.826. The Morgan fingerprint density at radius 1 is 1.31 bits per heavy atom. The highest BCUT2D eigenvalue weighted by Gasteiger charge is 2.15. The zero-order valence-electron chi connectivity index (χ0n) is 10.00. The normalized spacial score (nSPS) is 13.8. The van der Waals surface area contributed by atoms with Crippen molar-refractivity contribution >= 4 is 0 Å². The zero-order chi connectivity index (χ0) is 12.3. The number of hydrogen-bond donors (Lipinski definition) is 2. The molecule has 0 amide bonds. The lowest BCUT2D eigenvalue weighted by Crippen LogP contribution is -2.08. The van der Waals surface area contributed by atoms with Crippen LogP contribution in [0.2, 0.25) is 0 Å². The molecule has 0 aliphatic rings. The summed E-state index contributed by atoms with van der Waals surface area (Å²) in [6.45, 7) is 6.30. The van der Waals surface area contributed by atoms with Crippen molar-refractivity contribution in [2.75, 3.05) is 0 Å². The van der Waals surface area contributed by atoms with E-state index < -0.39 is 17.7 Å². The van der Waals surface area contributed by atoms with Crippen LogP contribution < -0.4 is 0 Å². The summed E-state index contributed by atoms with van der Waals surface area (Å²) >= 11 is 0. The van der Waals surface area contributed by atoms with Gasteiger partial charge in [-0.3, -0.25) is 0 Å². The Hall–Kier alpha value is -1.09. The lowest BCUT2D eigenvalue weighted by Gasteiger charge is -2.20. The molecule has 90 valence electrons. The number of halogens is 1. The molecule has 1 aromatic carbocycles. The number of aliphatic hydroxyl groups excluding tert-OH is 1. The van der Waals surface area contributed by atoms with Crippen LogP contribution in [0.5, 0.6) is 5.75 Å². The Labute approximate surface area is 95.7 Å². The third-order valence-electron chi connectivity index (χ3n) is 2.52. The maximum absolute atomic E-state index is 12.8. The molecule has 2 N–H and O–H groups in total. The van der Waals surface area contributed by atoms with Crippen molar-refractivity contribution in [3.63, 3.8) is 0 Å². The SMILES string of the molecule is CC(C)(C)CC[C@H](O)c1ccc(F)c(O)c1. The molecule has 1 rings (SSSR count). The van der Waals surface area contributed by atoms with Gasteiger partial charge >= 0.3 is 0 Å². The number of hydrogen-bond acceptors (Lipinski definition) is 2. The van der Waals surface area contributed by atoms with Gasteiger partial charge in [-0.25, -0.2) is 4.39 Å². The Morgan fingerprint density at radius 2 is 1.94 bits per heavy atom. The fourth-order valence-corrected chi connectivity index (χ4v) is 1.47. The van der Waals surface area contributed by atoms with Crippen molar-refractivity contribution < 1.29 is 14.6 Å². The van der Waals surface area contributed by atoms with Crippen LogP contribution in [0.25, 0.3) is 0 Å². The molecule has 1 atom stereocenters. The predicted molar refractivity (Wildman–Crippen MR) is 61.7 cm³/mol. The second kappa shape index (κ2) is 4.83. The maximum atomic E-state index is 12.8. The van der Waals surface area contributed by atoms with Crippen LogP contribution in [0.4, 0.5) is 4.39 Å². The Kier molecular flexibility index (Phi) is 3.92. The van der Waals surface area contributed by atoms with E-state index in [1.165, 1.54) is 18.2 Å². The number of benzene rings is 1. The quantitative estimate of drug-likeness (QED) is 0.829. The Morgan fingerprint density at radius 3 is 2.44 bits per heavy atom. The lowest BCUT2D eigenvalue weighted by molar-refractivity contribution is 0.147. The molecule has 0 aromatic heterocycles. The van der Waals surface area contributed by atoms with E-state index in [0.717, 1.165) is 6.42 Å². The monoisotopic (exact) mass is 226 g/mol. The highest BCUT2D eigenvalue weighted by molar-refractivity contribution is 5.30. The van der Waals surface area contributed by atoms with Crippen molar-refractivity contribution in [1.29, 1.82) is 0 Å². The number of aliphatic hydroxyl groups is 1. The molecule has 0 heterocycles. The van der Waals surface area contributed by atoms with Crippen molar-refractivity contribution in [1.82, 2.24) is 0 Å². The van der Waals surface area contributed by atoms with Gasteiger partial charge in [-0.05, 0) is 36.0 Å². The molecule has 0 saturated heterocycles. The third-order valence-corrected chi connectivity index (χ3v) is 2.52. The van der Waals surface area contributed by atoms with Crippen LogP contribution >= 0.6 is 0 Å². The molecule has 0 aliphatic heterocycles. The summed E-state index contributed by atoms with van der Waals surface area (Å²) in [5.41, 5.74) is 0.714. The Bertz CT molecular complexity index is 355. The van der Waals surface area contributed by atoms with Gasteiger partial charge in [0.15, 0.2) is 11.6 Å². The van der Waals surface area contributed by atoms with Crippen LogP contribution in [0.15, 0.2) is 18.2 Å². The molecule has 3 heteroatoms. The first-order chi connectivity index (χ1) is 7.29. The van der Waals surface area contributed by atoms with Gasteiger partial charge in [0.1, 0.15) is 0 Å². The summed E-state index contributed by atoms with van der Waals surface area (Å²) in [5.74, 6) is -1.07. The second-order valence-corrected chi connectivity index (χ2v) is 5.33. The second-order valence-electron chi connectivity index (χ2n) is 5.33. The minimum Gasteiger partial charge on any atom is -0.505 e. The number of phenolic OH excluding ortho intramolecular Hbond substituents is 1. The zero-order valence-corrected chi connectivity index (χ0v) is 10.00. The molecule has 0 spiro atoms. The lowest BCUT2D eigenvalue weighted by atomic mass is 9.88. The van der Waals surface area contributed by atoms with E-state index in [-0.39, 0.29) is 5.41 Å². The number of aromatic hydroxyl groups is 1. The topological polar surface area (TPSA) is 40.5 Å². The van der Waals surface area contributed by atoms with Gasteiger partial charge in [-0.2, -0.15) is 0 Å². The highest BCUT2D eigenvalue weighted by atomic mass is 19.1. The van der Waals surface area contributed by atoms with E-state index in [4.69, 9.17) is 0 Å². The van der Waals surface area contributed by atoms with Gasteiger partial charge in [0, 0.05) is 0 Å². The first-order valence-electron chi connectivity index (χ1n) is 5.46. The van der Waals surface area contributed by atoms with E-state index in [0.29, 0.717) is 12.0 Å². The minimum absolute atomic E-state index is 0.156. The molecular weight excluding hydrogens is 207 g/mol. The molecule has 0 aliphatic carbocycles. The van der Waals surface area contributed by atoms with Crippen molar-refractivity contribution in [2.45, 2.75) is 39.7 Å². The number of rotatable bonds is 3. The fourth-order valence-electron chi connectivity index (χ4n) is 1.47. The molecule has 0 fully saturated rings. The van der Waals surface area contributed by atoms with E-state index in [1.54, 1.807) is 0 Å². The van der Waals surface area contributed by atoms with Crippen LogP contribution in [0.3, 0.4) is 0 Å². The van der Waals surface area contributed by atoms with E-state index in [2.05, 4.69) is 20.8 Å².